The summed E-state index contributed by atoms with van der Waals surface area (Å²) < 4.78 is 69.6. The molecule has 3 aromatic rings. The van der Waals surface area contributed by atoms with Crippen LogP contribution in [0.5, 0.6) is 0 Å². The molecule has 0 saturated carbocycles. The van der Waals surface area contributed by atoms with Crippen molar-refractivity contribution in [2.24, 2.45) is 0 Å². The maximum atomic E-state index is 13.6. The van der Waals surface area contributed by atoms with E-state index in [9.17, 15) is 30.9 Å². The van der Waals surface area contributed by atoms with E-state index in [1.54, 1.807) is 0 Å². The van der Waals surface area contributed by atoms with Crippen LogP contribution in [0.3, 0.4) is 0 Å². The first-order valence-corrected chi connectivity index (χ1v) is 11.1. The first-order valence-electron chi connectivity index (χ1n) is 11.1. The molecule has 0 radical (unpaired) electrons. The Hall–Kier alpha value is -2.85. The van der Waals surface area contributed by atoms with Crippen molar-refractivity contribution in [1.82, 2.24) is 0 Å². The number of benzene rings is 3. The van der Waals surface area contributed by atoms with Crippen molar-refractivity contribution in [3.8, 4) is 0 Å². The van der Waals surface area contributed by atoms with Crippen molar-refractivity contribution in [2.75, 3.05) is 0 Å². The van der Waals surface area contributed by atoms with Gasteiger partial charge < -0.3 is 59.9 Å². The van der Waals surface area contributed by atoms with Crippen molar-refractivity contribution in [3.05, 3.63) is 108 Å². The number of hydrogen-bond acceptors (Lipinski definition) is 12. The van der Waals surface area contributed by atoms with Gasteiger partial charge in [0.1, 0.15) is 5.60 Å². The van der Waals surface area contributed by atoms with Crippen LogP contribution in [-0.2, 0) is 10.3 Å². The van der Waals surface area contributed by atoms with E-state index in [0.717, 1.165) is 16.7 Å². The van der Waals surface area contributed by atoms with Crippen molar-refractivity contribution in [3.63, 3.8) is 0 Å². The molecule has 0 spiro atoms. The molecule has 3 aromatic carbocycles. The highest BCUT2D eigenvalue weighted by molar-refractivity contribution is 6.34. The monoisotopic (exact) mass is 626 g/mol. The van der Waals surface area contributed by atoms with Gasteiger partial charge in [-0.3, -0.25) is 25.9 Å². The van der Waals surface area contributed by atoms with Crippen LogP contribution < -0.4 is 0 Å². The third kappa shape index (κ3) is 27.7. The molecular weight excluding hydrogens is 599 g/mol. The third-order valence-electron chi connectivity index (χ3n) is 3.81. The first kappa shape index (κ1) is 44.6. The molecule has 0 amide bonds. The minimum atomic E-state index is -2.67. The number of halogens is 6. The summed E-state index contributed by atoms with van der Waals surface area (Å²) in [6.07, 6.45) is 0. The van der Waals surface area contributed by atoms with E-state index in [-0.39, 0.29) is 0 Å². The van der Waals surface area contributed by atoms with Gasteiger partial charge in [0, 0.05) is 0 Å². The summed E-state index contributed by atoms with van der Waals surface area (Å²) in [4.78, 5) is 0. The second-order valence-electron chi connectivity index (χ2n) is 6.74. The summed E-state index contributed by atoms with van der Waals surface area (Å²) in [5.41, 5.74) is 1.01. The maximum Gasteiger partial charge on any atom is 0.678 e. The highest BCUT2D eigenvalue weighted by Gasteiger charge is 2.41. The van der Waals surface area contributed by atoms with E-state index in [2.05, 4.69) is 0 Å². The molecule has 0 unspecified atom stereocenters. The van der Waals surface area contributed by atoms with Crippen LogP contribution in [0.25, 0.3) is 0 Å². The van der Waals surface area contributed by atoms with Gasteiger partial charge >= 0.3 is 44.4 Å². The Morgan fingerprint density at radius 2 is 0.535 bits per heavy atom. The quantitative estimate of drug-likeness (QED) is 0.0891. The Kier molecular flexibility index (Phi) is 27.7. The molecule has 0 atom stereocenters. The lowest BCUT2D eigenvalue weighted by Crippen LogP contribution is -2.37. The lowest BCUT2D eigenvalue weighted by molar-refractivity contribution is 0.100. The summed E-state index contributed by atoms with van der Waals surface area (Å²) >= 11 is 0. The maximum absolute atomic E-state index is 13.6. The van der Waals surface area contributed by atoms with Crippen LogP contribution >= 0.6 is 0 Å². The largest absolute Gasteiger partial charge is 0.678 e. The van der Waals surface area contributed by atoms with Crippen molar-refractivity contribution in [2.45, 2.75) is 5.60 Å². The minimum Gasteiger partial charge on any atom is -0.398 e. The Labute approximate surface area is 243 Å². The Balaban J connectivity index is -0.000000654. The molecule has 0 saturated heterocycles. The molecule has 0 aromatic heterocycles. The van der Waals surface area contributed by atoms with Crippen LogP contribution in [0.4, 0.5) is 25.9 Å². The average molecular weight is 625 g/mol. The van der Waals surface area contributed by atoms with E-state index in [0.29, 0.717) is 0 Å². The first-order chi connectivity index (χ1) is 19.9. The zero-order valence-electron chi connectivity index (χ0n) is 21.7. The van der Waals surface area contributed by atoms with E-state index in [1.165, 1.54) is 0 Å². The smallest absolute Gasteiger partial charge is 0.398 e. The highest BCUT2D eigenvalue weighted by Crippen LogP contribution is 2.40. The molecule has 234 valence electrons. The van der Waals surface area contributed by atoms with Gasteiger partial charge in [-0.25, -0.2) is 0 Å². The minimum absolute atomic E-state index is 0.745. The van der Waals surface area contributed by atoms with Crippen LogP contribution in [0.15, 0.2) is 91.0 Å². The molecule has 0 aliphatic heterocycles. The van der Waals surface area contributed by atoms with E-state index < -0.39 is 50.0 Å². The molecule has 0 fully saturated rings. The summed E-state index contributed by atoms with van der Waals surface area (Å²) in [6, 6.07) is 28.0. The Morgan fingerprint density at radius 1 is 0.372 bits per heavy atom. The Morgan fingerprint density at radius 3 is 0.674 bits per heavy atom. The lowest BCUT2D eigenvalue weighted by atomic mass is 9.79. The zero-order chi connectivity index (χ0) is 34.0. The molecule has 43 heavy (non-hydrogen) atoms. The van der Waals surface area contributed by atoms with Gasteiger partial charge in [-0.05, 0) is 16.7 Å². The molecule has 0 heterocycles. The normalized spacial score (nSPS) is 9.14. The van der Waals surface area contributed by atoms with Gasteiger partial charge in [-0.2, -0.15) is 0 Å². The van der Waals surface area contributed by atoms with E-state index in [1.807, 2.05) is 91.0 Å². The van der Waals surface area contributed by atoms with Gasteiger partial charge in [-0.1, -0.05) is 91.0 Å². The van der Waals surface area contributed by atoms with Crippen LogP contribution in [0.1, 0.15) is 16.7 Å². The predicted octanol–water partition coefficient (Wildman–Crippen LogP) is -1.43. The van der Waals surface area contributed by atoms with Gasteiger partial charge in [0.2, 0.25) is 0 Å². The van der Waals surface area contributed by atoms with Crippen LogP contribution in [-0.4, -0.2) is 99.6 Å². The fraction of sp³-hybridized carbons (Fsp3) is 0.0526. The zero-order valence-corrected chi connectivity index (χ0v) is 21.7. The summed E-state index contributed by atoms with van der Waals surface area (Å²) in [7, 11) is -15.7. The van der Waals surface area contributed by atoms with E-state index >= 15 is 0 Å². The highest BCUT2D eigenvalue weighted by atomic mass is 19.1. The van der Waals surface area contributed by atoms with Gasteiger partial charge in [-0.15, -0.1) is 0 Å². The molecule has 11 N–H and O–H groups in total. The average Bonchev–Trinajstić information content (AvgIpc) is 2.87. The standard InChI is InChI=1S/C19H16BFO2.5BFH2O2/c21-20(22)23-19(16-10-4-1-5-11-16,17-12-6-2-7-13-17)18-14-8-3-9-15-18;5*2-1(3)4/h1-15,22H;5*3-4H. The Bertz CT molecular complexity index is 864. The molecule has 0 bridgehead atoms. The van der Waals surface area contributed by atoms with Crippen LogP contribution in [0, 0.1) is 0 Å². The van der Waals surface area contributed by atoms with Crippen molar-refractivity contribution in [1.29, 1.82) is 0 Å². The van der Waals surface area contributed by atoms with Gasteiger partial charge in [0.25, 0.3) is 0 Å². The fourth-order valence-electron chi connectivity index (χ4n) is 2.87. The SMILES string of the molecule is OB(F)OC(c1ccccc1)(c1ccccc1)c1ccccc1.OB(O)F.OB(O)F.OB(O)F.OB(O)F.OB(O)F. The predicted molar refractivity (Wildman–Crippen MR) is 146 cm³/mol. The molecule has 0 aliphatic carbocycles. The molecule has 3 rings (SSSR count). The lowest BCUT2D eigenvalue weighted by Gasteiger charge is -2.35. The second-order valence-corrected chi connectivity index (χ2v) is 6.74. The molecule has 0 aliphatic rings. The molecule has 24 heteroatoms. The summed E-state index contributed by atoms with van der Waals surface area (Å²) in [5, 5.41) is 78.8. The molecular formula is C19H26B6F6O12. The summed E-state index contributed by atoms with van der Waals surface area (Å²) in [5.74, 6) is 0. The van der Waals surface area contributed by atoms with Gasteiger partial charge in [0.15, 0.2) is 0 Å². The molecule has 12 nitrogen and oxygen atoms in total. The van der Waals surface area contributed by atoms with Crippen LogP contribution in [0.2, 0.25) is 0 Å². The second kappa shape index (κ2) is 26.8. The summed E-state index contributed by atoms with van der Waals surface area (Å²) in [6.45, 7) is 0. The van der Waals surface area contributed by atoms with Crippen molar-refractivity contribution >= 4 is 44.4 Å². The van der Waals surface area contributed by atoms with Crippen molar-refractivity contribution < 1.29 is 85.8 Å². The topological polar surface area (TPSA) is 232 Å². The third-order valence-corrected chi connectivity index (χ3v) is 3.81. The number of hydrogen-bond donors (Lipinski definition) is 11. The van der Waals surface area contributed by atoms with Gasteiger partial charge in [0.05, 0.1) is 0 Å². The van der Waals surface area contributed by atoms with E-state index in [4.69, 9.17) is 54.9 Å². The number of rotatable bonds is 5. The fourth-order valence-corrected chi connectivity index (χ4v) is 2.87.